The normalized spacial score (nSPS) is 13.9. The summed E-state index contributed by atoms with van der Waals surface area (Å²) in [7, 11) is 0. The Kier molecular flexibility index (Phi) is 3.89. The number of rotatable bonds is 3. The van der Waals surface area contributed by atoms with Gasteiger partial charge >= 0.3 is 0 Å². The first kappa shape index (κ1) is 15.4. The standard InChI is InChI=1S/C15H15N5O2S2/c1-8-6-16-15(23-8)17-11(21)7-20-14(22)12-9-4-2-3-5-10(9)24-13(12)18-19-20/h6H,2-5,7H2,1H3,(H,16,17,21). The van der Waals surface area contributed by atoms with E-state index in [0.717, 1.165) is 40.8 Å². The lowest BCUT2D eigenvalue weighted by molar-refractivity contribution is -0.117. The molecule has 0 saturated heterocycles. The fraction of sp³-hybridized carbons (Fsp3) is 0.400. The van der Waals surface area contributed by atoms with Gasteiger partial charge in [-0.2, -0.15) is 0 Å². The van der Waals surface area contributed by atoms with Crippen molar-refractivity contribution in [2.45, 2.75) is 39.2 Å². The molecule has 0 unspecified atom stereocenters. The highest BCUT2D eigenvalue weighted by molar-refractivity contribution is 7.18. The van der Waals surface area contributed by atoms with Crippen LogP contribution >= 0.6 is 22.7 Å². The number of anilines is 1. The first-order chi connectivity index (χ1) is 11.6. The first-order valence-corrected chi connectivity index (χ1v) is 9.35. The van der Waals surface area contributed by atoms with E-state index in [2.05, 4.69) is 20.6 Å². The molecule has 1 N–H and O–H groups in total. The van der Waals surface area contributed by atoms with Gasteiger partial charge in [0.2, 0.25) is 5.91 Å². The summed E-state index contributed by atoms with van der Waals surface area (Å²) in [5.74, 6) is -0.329. The number of amides is 1. The minimum atomic E-state index is -0.329. The molecule has 1 aliphatic rings. The van der Waals surface area contributed by atoms with Crippen LogP contribution in [-0.4, -0.2) is 25.9 Å². The second-order valence-corrected chi connectivity index (χ2v) is 8.09. The van der Waals surface area contributed by atoms with Gasteiger partial charge in [-0.05, 0) is 38.2 Å². The number of nitrogens with zero attached hydrogens (tertiary/aromatic N) is 4. The first-order valence-electron chi connectivity index (χ1n) is 7.72. The van der Waals surface area contributed by atoms with Crippen molar-refractivity contribution >= 4 is 43.9 Å². The van der Waals surface area contributed by atoms with Crippen LogP contribution in [0.4, 0.5) is 5.13 Å². The number of carbonyl (C=O) groups excluding carboxylic acids is 1. The van der Waals surface area contributed by atoms with Gasteiger partial charge in [0.15, 0.2) is 9.96 Å². The lowest BCUT2D eigenvalue weighted by Gasteiger charge is -2.10. The van der Waals surface area contributed by atoms with Crippen LogP contribution in [0.2, 0.25) is 0 Å². The number of aromatic nitrogens is 4. The van der Waals surface area contributed by atoms with Crippen LogP contribution in [0.15, 0.2) is 11.0 Å². The number of thiazole rings is 1. The Morgan fingerprint density at radius 1 is 1.33 bits per heavy atom. The van der Waals surface area contributed by atoms with E-state index in [-0.39, 0.29) is 18.0 Å². The summed E-state index contributed by atoms with van der Waals surface area (Å²) in [6, 6.07) is 0. The van der Waals surface area contributed by atoms with E-state index in [1.807, 2.05) is 6.92 Å². The Labute approximate surface area is 145 Å². The van der Waals surface area contributed by atoms with Gasteiger partial charge in [0.1, 0.15) is 6.54 Å². The van der Waals surface area contributed by atoms with E-state index in [1.165, 1.54) is 16.2 Å². The number of carbonyl (C=O) groups is 1. The summed E-state index contributed by atoms with van der Waals surface area (Å²) >= 11 is 2.94. The summed E-state index contributed by atoms with van der Waals surface area (Å²) < 4.78 is 1.14. The molecule has 0 saturated carbocycles. The largest absolute Gasteiger partial charge is 0.300 e. The minimum absolute atomic E-state index is 0.162. The van der Waals surface area contributed by atoms with Gasteiger partial charge in [-0.1, -0.05) is 5.21 Å². The van der Waals surface area contributed by atoms with Crippen LogP contribution in [0.3, 0.4) is 0 Å². The number of hydrogen-bond donors (Lipinski definition) is 1. The quantitative estimate of drug-likeness (QED) is 0.772. The molecule has 0 radical (unpaired) electrons. The highest BCUT2D eigenvalue weighted by Crippen LogP contribution is 2.33. The van der Waals surface area contributed by atoms with Crippen molar-refractivity contribution in [2.75, 3.05) is 5.32 Å². The Bertz CT molecular complexity index is 988. The minimum Gasteiger partial charge on any atom is -0.300 e. The molecule has 3 heterocycles. The molecule has 0 aliphatic heterocycles. The van der Waals surface area contributed by atoms with Gasteiger partial charge in [-0.15, -0.1) is 27.8 Å². The summed E-state index contributed by atoms with van der Waals surface area (Å²) in [6.45, 7) is 1.75. The van der Waals surface area contributed by atoms with Crippen molar-refractivity contribution in [3.8, 4) is 0 Å². The molecule has 3 aromatic rings. The highest BCUT2D eigenvalue weighted by atomic mass is 32.1. The predicted molar refractivity (Wildman–Crippen MR) is 93.8 cm³/mol. The number of aryl methyl sites for hydroxylation is 3. The van der Waals surface area contributed by atoms with E-state index < -0.39 is 0 Å². The van der Waals surface area contributed by atoms with E-state index in [4.69, 9.17) is 0 Å². The zero-order valence-corrected chi connectivity index (χ0v) is 14.7. The maximum absolute atomic E-state index is 12.7. The van der Waals surface area contributed by atoms with Crippen LogP contribution in [0.25, 0.3) is 10.2 Å². The molecular weight excluding hydrogens is 346 g/mol. The molecule has 0 spiro atoms. The summed E-state index contributed by atoms with van der Waals surface area (Å²) in [5.41, 5.74) is 0.871. The van der Waals surface area contributed by atoms with Gasteiger partial charge < -0.3 is 5.32 Å². The molecule has 0 fully saturated rings. The summed E-state index contributed by atoms with van der Waals surface area (Å²) in [4.78, 5) is 31.9. The molecule has 0 aromatic carbocycles. The topological polar surface area (TPSA) is 89.8 Å². The number of hydrogen-bond acceptors (Lipinski definition) is 7. The molecule has 0 atom stereocenters. The number of fused-ring (bicyclic) bond motifs is 3. The molecule has 9 heteroatoms. The third-order valence-corrected chi connectivity index (χ3v) is 6.01. The average Bonchev–Trinajstić information content (AvgIpc) is 3.13. The average molecular weight is 361 g/mol. The number of nitrogens with one attached hydrogen (secondary N) is 1. The smallest absolute Gasteiger partial charge is 0.279 e. The molecule has 4 rings (SSSR count). The Morgan fingerprint density at radius 2 is 2.17 bits per heavy atom. The predicted octanol–water partition coefficient (Wildman–Crippen LogP) is 2.14. The Morgan fingerprint density at radius 3 is 2.96 bits per heavy atom. The second kappa shape index (κ2) is 6.06. The van der Waals surface area contributed by atoms with Gasteiger partial charge in [0.05, 0.1) is 5.39 Å². The van der Waals surface area contributed by atoms with Crippen LogP contribution in [0.1, 0.15) is 28.2 Å². The van der Waals surface area contributed by atoms with Crippen LogP contribution in [0.5, 0.6) is 0 Å². The SMILES string of the molecule is Cc1cnc(NC(=O)Cn2nnc3sc4c(c3c2=O)CCCC4)s1. The Hall–Kier alpha value is -2.13. The lowest BCUT2D eigenvalue weighted by Crippen LogP contribution is -2.30. The van der Waals surface area contributed by atoms with Crippen LogP contribution in [-0.2, 0) is 24.2 Å². The molecular formula is C15H15N5O2S2. The second-order valence-electron chi connectivity index (χ2n) is 5.77. The van der Waals surface area contributed by atoms with E-state index >= 15 is 0 Å². The highest BCUT2D eigenvalue weighted by Gasteiger charge is 2.21. The molecule has 124 valence electrons. The van der Waals surface area contributed by atoms with E-state index in [9.17, 15) is 9.59 Å². The van der Waals surface area contributed by atoms with Gasteiger partial charge in [-0.3, -0.25) is 9.59 Å². The van der Waals surface area contributed by atoms with Crippen LogP contribution in [0, 0.1) is 6.92 Å². The van der Waals surface area contributed by atoms with E-state index in [1.54, 1.807) is 17.5 Å². The van der Waals surface area contributed by atoms with Gasteiger partial charge in [0.25, 0.3) is 5.56 Å². The molecule has 7 nitrogen and oxygen atoms in total. The van der Waals surface area contributed by atoms with Crippen molar-refractivity contribution < 1.29 is 4.79 Å². The van der Waals surface area contributed by atoms with Gasteiger partial charge in [-0.25, -0.2) is 9.67 Å². The summed E-state index contributed by atoms with van der Waals surface area (Å²) in [6.07, 6.45) is 5.83. The molecule has 1 amide bonds. The third-order valence-electron chi connectivity index (χ3n) is 4.01. The molecule has 3 aromatic heterocycles. The van der Waals surface area contributed by atoms with Crippen LogP contribution < -0.4 is 10.9 Å². The van der Waals surface area contributed by atoms with Crippen molar-refractivity contribution in [3.05, 3.63) is 31.9 Å². The van der Waals surface area contributed by atoms with Crippen molar-refractivity contribution in [1.82, 2.24) is 20.0 Å². The van der Waals surface area contributed by atoms with Crippen molar-refractivity contribution in [2.24, 2.45) is 0 Å². The third kappa shape index (κ3) is 2.73. The maximum atomic E-state index is 12.7. The molecule has 1 aliphatic carbocycles. The zero-order chi connectivity index (χ0) is 16.7. The Balaban J connectivity index is 1.63. The fourth-order valence-electron chi connectivity index (χ4n) is 2.92. The molecule has 0 bridgehead atoms. The monoisotopic (exact) mass is 361 g/mol. The zero-order valence-electron chi connectivity index (χ0n) is 13.0. The molecule has 24 heavy (non-hydrogen) atoms. The van der Waals surface area contributed by atoms with E-state index in [0.29, 0.717) is 15.3 Å². The maximum Gasteiger partial charge on any atom is 0.279 e. The van der Waals surface area contributed by atoms with Crippen molar-refractivity contribution in [1.29, 1.82) is 0 Å². The fourth-order valence-corrected chi connectivity index (χ4v) is 4.80. The summed E-state index contributed by atoms with van der Waals surface area (Å²) in [5, 5.41) is 11.9. The number of thiophene rings is 1. The lowest BCUT2D eigenvalue weighted by atomic mass is 9.97. The van der Waals surface area contributed by atoms with Gasteiger partial charge in [0, 0.05) is 16.0 Å². The van der Waals surface area contributed by atoms with Crippen molar-refractivity contribution in [3.63, 3.8) is 0 Å².